The molecule has 4 rings (SSSR count). The third-order valence-corrected chi connectivity index (χ3v) is 6.31. The predicted octanol–water partition coefficient (Wildman–Crippen LogP) is 2.19. The highest BCUT2D eigenvalue weighted by Crippen LogP contribution is 2.60. The predicted molar refractivity (Wildman–Crippen MR) is 87.7 cm³/mol. The lowest BCUT2D eigenvalue weighted by atomic mass is 9.78. The molecule has 1 spiro atoms. The zero-order valence-electron chi connectivity index (χ0n) is 13.4. The van der Waals surface area contributed by atoms with Crippen molar-refractivity contribution in [3.05, 3.63) is 35.4 Å². The van der Waals surface area contributed by atoms with Gasteiger partial charge in [0.25, 0.3) is 0 Å². The first-order valence-electron chi connectivity index (χ1n) is 8.78. The second kappa shape index (κ2) is 5.08. The van der Waals surface area contributed by atoms with E-state index >= 15 is 0 Å². The van der Waals surface area contributed by atoms with Gasteiger partial charge < -0.3 is 11.1 Å². The molecule has 23 heavy (non-hydrogen) atoms. The first-order valence-corrected chi connectivity index (χ1v) is 8.78. The van der Waals surface area contributed by atoms with E-state index in [1.165, 1.54) is 11.1 Å². The number of amides is 2. The number of hydrogen-bond donors (Lipinski definition) is 2. The number of benzene rings is 1. The molecule has 2 fully saturated rings. The van der Waals surface area contributed by atoms with E-state index in [2.05, 4.69) is 29.6 Å². The lowest BCUT2D eigenvalue weighted by Crippen LogP contribution is -2.56. The standard InChI is InChI=1S/C19H24N2O2/c20-17(23)19(10-3-4-11-19)21-16(22)15-12-18(15)9-5-7-13-6-1-2-8-14(13)18/h1-2,6,8,15H,3-5,7,9-12H2,(H2,20,23)(H,21,22)/t15-,18+/m1/s1. The van der Waals surface area contributed by atoms with Gasteiger partial charge in [0.1, 0.15) is 5.54 Å². The number of carbonyl (C=O) groups is 2. The molecule has 0 aromatic heterocycles. The van der Waals surface area contributed by atoms with Gasteiger partial charge >= 0.3 is 0 Å². The van der Waals surface area contributed by atoms with Gasteiger partial charge in [0.2, 0.25) is 11.8 Å². The average Bonchev–Trinajstić information content (AvgIpc) is 3.05. The molecule has 3 N–H and O–H groups in total. The smallest absolute Gasteiger partial charge is 0.243 e. The summed E-state index contributed by atoms with van der Waals surface area (Å²) >= 11 is 0. The first kappa shape index (κ1) is 14.7. The number of carbonyl (C=O) groups excluding carboxylic acids is 2. The summed E-state index contributed by atoms with van der Waals surface area (Å²) in [5, 5.41) is 3.04. The number of nitrogens with one attached hydrogen (secondary N) is 1. The Morgan fingerprint density at radius 3 is 2.57 bits per heavy atom. The van der Waals surface area contributed by atoms with Crippen molar-refractivity contribution in [1.29, 1.82) is 0 Å². The number of rotatable bonds is 3. The zero-order chi connectivity index (χ0) is 16.1. The Balaban J connectivity index is 1.55. The molecule has 4 nitrogen and oxygen atoms in total. The van der Waals surface area contributed by atoms with Gasteiger partial charge in [-0.3, -0.25) is 9.59 Å². The highest BCUT2D eigenvalue weighted by atomic mass is 16.2. The summed E-state index contributed by atoms with van der Waals surface area (Å²) < 4.78 is 0. The molecular weight excluding hydrogens is 288 g/mol. The molecule has 3 aliphatic rings. The van der Waals surface area contributed by atoms with Gasteiger partial charge in [0, 0.05) is 11.3 Å². The molecular formula is C19H24N2O2. The third kappa shape index (κ3) is 2.19. The van der Waals surface area contributed by atoms with Crippen LogP contribution in [0, 0.1) is 5.92 Å². The van der Waals surface area contributed by atoms with E-state index in [4.69, 9.17) is 5.73 Å². The van der Waals surface area contributed by atoms with Crippen LogP contribution in [0.1, 0.15) is 56.1 Å². The van der Waals surface area contributed by atoms with Crippen LogP contribution in [0.4, 0.5) is 0 Å². The molecule has 2 saturated carbocycles. The molecule has 2 amide bonds. The van der Waals surface area contributed by atoms with Crippen LogP contribution in [0.15, 0.2) is 24.3 Å². The highest BCUT2D eigenvalue weighted by Gasteiger charge is 2.61. The van der Waals surface area contributed by atoms with E-state index in [1.54, 1.807) is 0 Å². The largest absolute Gasteiger partial charge is 0.368 e. The third-order valence-electron chi connectivity index (χ3n) is 6.31. The van der Waals surface area contributed by atoms with E-state index < -0.39 is 5.54 Å². The molecule has 3 aliphatic carbocycles. The summed E-state index contributed by atoms with van der Waals surface area (Å²) in [7, 11) is 0. The Kier molecular flexibility index (Phi) is 3.26. The number of primary amides is 1. The molecule has 2 atom stereocenters. The quantitative estimate of drug-likeness (QED) is 0.898. The molecule has 1 aromatic rings. The Labute approximate surface area is 136 Å². The monoisotopic (exact) mass is 312 g/mol. The molecule has 0 radical (unpaired) electrons. The van der Waals surface area contributed by atoms with Crippen LogP contribution in [0.3, 0.4) is 0 Å². The zero-order valence-corrected chi connectivity index (χ0v) is 13.4. The first-order chi connectivity index (χ1) is 11.1. The molecule has 0 heterocycles. The van der Waals surface area contributed by atoms with Crippen molar-refractivity contribution in [1.82, 2.24) is 5.32 Å². The summed E-state index contributed by atoms with van der Waals surface area (Å²) in [5.74, 6) is -0.342. The van der Waals surface area contributed by atoms with Crippen LogP contribution >= 0.6 is 0 Å². The Bertz CT molecular complexity index is 663. The number of hydrogen-bond acceptors (Lipinski definition) is 2. The van der Waals surface area contributed by atoms with Crippen LogP contribution in [0.25, 0.3) is 0 Å². The van der Waals surface area contributed by atoms with E-state index in [9.17, 15) is 9.59 Å². The van der Waals surface area contributed by atoms with Gasteiger partial charge in [0.15, 0.2) is 0 Å². The van der Waals surface area contributed by atoms with Gasteiger partial charge in [0.05, 0.1) is 0 Å². The maximum Gasteiger partial charge on any atom is 0.243 e. The molecule has 0 unspecified atom stereocenters. The fourth-order valence-corrected chi connectivity index (χ4v) is 4.91. The van der Waals surface area contributed by atoms with Crippen molar-refractivity contribution in [3.8, 4) is 0 Å². The average molecular weight is 312 g/mol. The maximum atomic E-state index is 12.8. The molecule has 0 aliphatic heterocycles. The van der Waals surface area contributed by atoms with Crippen molar-refractivity contribution >= 4 is 11.8 Å². The van der Waals surface area contributed by atoms with Crippen LogP contribution in [0.2, 0.25) is 0 Å². The normalized spacial score (nSPS) is 30.7. The van der Waals surface area contributed by atoms with Gasteiger partial charge in [-0.05, 0) is 49.7 Å². The van der Waals surface area contributed by atoms with Crippen LogP contribution in [-0.4, -0.2) is 17.4 Å². The summed E-state index contributed by atoms with van der Waals surface area (Å²) in [5.41, 5.74) is 7.55. The maximum absolute atomic E-state index is 12.8. The van der Waals surface area contributed by atoms with Crippen molar-refractivity contribution in [2.24, 2.45) is 11.7 Å². The number of nitrogens with two attached hydrogens (primary N) is 1. The Morgan fingerprint density at radius 2 is 1.83 bits per heavy atom. The van der Waals surface area contributed by atoms with E-state index in [0.717, 1.165) is 38.5 Å². The number of fused-ring (bicyclic) bond motifs is 2. The van der Waals surface area contributed by atoms with Gasteiger partial charge in [-0.25, -0.2) is 0 Å². The fourth-order valence-electron chi connectivity index (χ4n) is 4.91. The van der Waals surface area contributed by atoms with Crippen molar-refractivity contribution in [2.45, 2.75) is 62.3 Å². The molecule has 0 saturated heterocycles. The fraction of sp³-hybridized carbons (Fsp3) is 0.579. The van der Waals surface area contributed by atoms with Crippen molar-refractivity contribution in [2.75, 3.05) is 0 Å². The van der Waals surface area contributed by atoms with Gasteiger partial charge in [-0.2, -0.15) is 0 Å². The van der Waals surface area contributed by atoms with E-state index in [-0.39, 0.29) is 23.1 Å². The lowest BCUT2D eigenvalue weighted by Gasteiger charge is -2.29. The topological polar surface area (TPSA) is 72.2 Å². The highest BCUT2D eigenvalue weighted by molar-refractivity contribution is 5.93. The van der Waals surface area contributed by atoms with E-state index in [1.807, 2.05) is 0 Å². The Hall–Kier alpha value is -1.84. The SMILES string of the molecule is NC(=O)C1(NC(=O)[C@H]2C[C@]23CCCc2ccccc23)CCCC1. The van der Waals surface area contributed by atoms with Crippen LogP contribution in [0.5, 0.6) is 0 Å². The summed E-state index contributed by atoms with van der Waals surface area (Å²) in [6.07, 6.45) is 7.52. The van der Waals surface area contributed by atoms with Gasteiger partial charge in [-0.1, -0.05) is 37.1 Å². The number of aryl methyl sites for hydroxylation is 1. The Morgan fingerprint density at radius 1 is 1.09 bits per heavy atom. The molecule has 1 aromatic carbocycles. The van der Waals surface area contributed by atoms with Crippen molar-refractivity contribution in [3.63, 3.8) is 0 Å². The summed E-state index contributed by atoms with van der Waals surface area (Å²) in [4.78, 5) is 24.7. The van der Waals surface area contributed by atoms with E-state index in [0.29, 0.717) is 12.8 Å². The summed E-state index contributed by atoms with van der Waals surface area (Å²) in [6, 6.07) is 8.52. The van der Waals surface area contributed by atoms with Crippen LogP contribution in [-0.2, 0) is 21.4 Å². The molecule has 122 valence electrons. The minimum Gasteiger partial charge on any atom is -0.368 e. The minimum absolute atomic E-state index is 0.000718. The van der Waals surface area contributed by atoms with Gasteiger partial charge in [-0.15, -0.1) is 0 Å². The summed E-state index contributed by atoms with van der Waals surface area (Å²) in [6.45, 7) is 0. The van der Waals surface area contributed by atoms with Crippen molar-refractivity contribution < 1.29 is 9.59 Å². The lowest BCUT2D eigenvalue weighted by molar-refractivity contribution is -0.132. The second-order valence-corrected chi connectivity index (χ2v) is 7.57. The minimum atomic E-state index is -0.797. The molecule has 0 bridgehead atoms. The molecule has 4 heteroatoms. The van der Waals surface area contributed by atoms with Crippen LogP contribution < -0.4 is 11.1 Å². The second-order valence-electron chi connectivity index (χ2n) is 7.57.